The summed E-state index contributed by atoms with van der Waals surface area (Å²) in [6, 6.07) is 5.39. The summed E-state index contributed by atoms with van der Waals surface area (Å²) in [7, 11) is 1.61. The summed E-state index contributed by atoms with van der Waals surface area (Å²) < 4.78 is 4.94. The summed E-state index contributed by atoms with van der Waals surface area (Å²) in [6.07, 6.45) is 0. The molecule has 0 saturated heterocycles. The molecule has 0 aliphatic rings. The maximum Gasteiger partial charge on any atom is 2.00 e. The standard InChI is InChI=1S/C8H8ClO.BrH.Mg/c1-6-3-4-7(10-2)5-8(6)9;;/h3-5H,1H2,2H3;1H;/q-1;;+2/p-1. The summed E-state index contributed by atoms with van der Waals surface area (Å²) in [6.45, 7) is 3.71. The van der Waals surface area contributed by atoms with E-state index in [0.29, 0.717) is 5.02 Å². The van der Waals surface area contributed by atoms with Crippen molar-refractivity contribution < 1.29 is 21.7 Å². The molecule has 0 unspecified atom stereocenters. The Kier molecular flexibility index (Phi) is 8.57. The number of rotatable bonds is 1. The Labute approximate surface area is 104 Å². The second-order valence-electron chi connectivity index (χ2n) is 1.96. The van der Waals surface area contributed by atoms with Gasteiger partial charge < -0.3 is 21.7 Å². The molecule has 0 amide bonds. The van der Waals surface area contributed by atoms with Crippen LogP contribution in [0.5, 0.6) is 5.75 Å². The number of ether oxygens (including phenoxy) is 1. The van der Waals surface area contributed by atoms with Gasteiger partial charge in [0.15, 0.2) is 0 Å². The number of halogens is 2. The van der Waals surface area contributed by atoms with Crippen molar-refractivity contribution in [2.45, 2.75) is 0 Å². The Morgan fingerprint density at radius 2 is 2.00 bits per heavy atom. The second kappa shape index (κ2) is 6.89. The number of benzene rings is 1. The minimum absolute atomic E-state index is 0. The van der Waals surface area contributed by atoms with Crippen LogP contribution in [0.25, 0.3) is 0 Å². The van der Waals surface area contributed by atoms with Gasteiger partial charge in [-0.2, -0.15) is 30.2 Å². The topological polar surface area (TPSA) is 9.23 Å². The van der Waals surface area contributed by atoms with Gasteiger partial charge in [0.05, 0.1) is 12.9 Å². The maximum absolute atomic E-state index is 5.75. The van der Waals surface area contributed by atoms with E-state index in [1.54, 1.807) is 13.2 Å². The largest absolute Gasteiger partial charge is 2.00 e. The fourth-order valence-electron chi connectivity index (χ4n) is 0.655. The number of hydrogen-bond donors (Lipinski definition) is 0. The zero-order valence-corrected chi connectivity index (χ0v) is 10.6. The van der Waals surface area contributed by atoms with Crippen LogP contribution in [0.1, 0.15) is 5.56 Å². The van der Waals surface area contributed by atoms with E-state index < -0.39 is 0 Å². The molecule has 0 aliphatic heterocycles. The van der Waals surface area contributed by atoms with E-state index >= 15 is 0 Å². The van der Waals surface area contributed by atoms with E-state index in [4.69, 9.17) is 16.3 Å². The smallest absolute Gasteiger partial charge is 1.00 e. The van der Waals surface area contributed by atoms with Crippen LogP contribution in [0.4, 0.5) is 0 Å². The van der Waals surface area contributed by atoms with Crippen LogP contribution in [-0.2, 0) is 0 Å². The first kappa shape index (κ1) is 14.9. The molecule has 0 aliphatic carbocycles. The van der Waals surface area contributed by atoms with Gasteiger partial charge in [0.25, 0.3) is 0 Å². The van der Waals surface area contributed by atoms with Crippen LogP contribution in [0.3, 0.4) is 0 Å². The molecule has 0 aromatic heterocycles. The van der Waals surface area contributed by atoms with Crippen molar-refractivity contribution in [3.63, 3.8) is 0 Å². The normalized spacial score (nSPS) is 7.83. The molecule has 4 heteroatoms. The minimum Gasteiger partial charge on any atom is -1.00 e. The fourth-order valence-corrected chi connectivity index (χ4v) is 0.826. The third-order valence-electron chi connectivity index (χ3n) is 1.26. The molecule has 0 heterocycles. The molecule has 0 fully saturated rings. The SMILES string of the molecule is [Br-].[CH2-]c1ccc(OC)cc1Cl.[Mg+2]. The first-order valence-corrected chi connectivity index (χ1v) is 3.27. The van der Waals surface area contributed by atoms with Gasteiger partial charge in [-0.15, -0.1) is 0 Å². The molecular formula is C8H8BrClMgO. The third kappa shape index (κ3) is 3.89. The van der Waals surface area contributed by atoms with E-state index in [-0.39, 0.29) is 40.0 Å². The van der Waals surface area contributed by atoms with Gasteiger partial charge in [-0.25, -0.2) is 0 Å². The van der Waals surface area contributed by atoms with E-state index in [1.165, 1.54) is 0 Å². The Hall–Kier alpha value is 0.426. The van der Waals surface area contributed by atoms with E-state index in [1.807, 2.05) is 12.1 Å². The van der Waals surface area contributed by atoms with Gasteiger partial charge in [0.2, 0.25) is 0 Å². The Morgan fingerprint density at radius 1 is 1.42 bits per heavy atom. The monoisotopic (exact) mass is 258 g/mol. The van der Waals surface area contributed by atoms with Crippen molar-refractivity contribution in [1.29, 1.82) is 0 Å². The summed E-state index contributed by atoms with van der Waals surface area (Å²) in [4.78, 5) is 0. The first-order chi connectivity index (χ1) is 4.74. The second-order valence-corrected chi connectivity index (χ2v) is 2.36. The van der Waals surface area contributed by atoms with Crippen molar-refractivity contribution in [2.75, 3.05) is 7.11 Å². The zero-order chi connectivity index (χ0) is 7.56. The molecular weight excluding hydrogens is 252 g/mol. The molecule has 0 saturated carbocycles. The first-order valence-electron chi connectivity index (χ1n) is 2.89. The maximum atomic E-state index is 5.75. The van der Waals surface area contributed by atoms with Crippen LogP contribution in [0, 0.1) is 6.92 Å². The average molecular weight is 260 g/mol. The van der Waals surface area contributed by atoms with Crippen molar-refractivity contribution in [3.05, 3.63) is 35.7 Å². The summed E-state index contributed by atoms with van der Waals surface area (Å²) in [5.74, 6) is 0.761. The molecule has 1 nitrogen and oxygen atoms in total. The van der Waals surface area contributed by atoms with Crippen LogP contribution in [0.15, 0.2) is 18.2 Å². The predicted molar refractivity (Wildman–Crippen MR) is 48.2 cm³/mol. The van der Waals surface area contributed by atoms with E-state index in [9.17, 15) is 0 Å². The van der Waals surface area contributed by atoms with Crippen molar-refractivity contribution in [3.8, 4) is 5.75 Å². The van der Waals surface area contributed by atoms with Crippen molar-refractivity contribution >= 4 is 34.7 Å². The molecule has 1 aromatic rings. The number of methoxy groups -OCH3 is 1. The van der Waals surface area contributed by atoms with Crippen molar-refractivity contribution in [1.82, 2.24) is 0 Å². The van der Waals surface area contributed by atoms with E-state index in [2.05, 4.69) is 6.92 Å². The predicted octanol–water partition coefficient (Wildman–Crippen LogP) is -0.846. The molecule has 62 valence electrons. The van der Waals surface area contributed by atoms with Crippen LogP contribution in [0.2, 0.25) is 5.02 Å². The van der Waals surface area contributed by atoms with Crippen LogP contribution in [-0.4, -0.2) is 30.2 Å². The molecule has 0 radical (unpaired) electrons. The molecule has 1 rings (SSSR count). The van der Waals surface area contributed by atoms with Gasteiger partial charge in [-0.1, -0.05) is 17.2 Å². The summed E-state index contributed by atoms with van der Waals surface area (Å²) in [5.41, 5.74) is 0.822. The van der Waals surface area contributed by atoms with Crippen LogP contribution < -0.4 is 21.7 Å². The Bertz CT molecular complexity index is 242. The molecule has 1 aromatic carbocycles. The molecule has 0 N–H and O–H groups in total. The van der Waals surface area contributed by atoms with Crippen LogP contribution >= 0.6 is 11.6 Å². The van der Waals surface area contributed by atoms with Gasteiger partial charge in [-0.05, 0) is 0 Å². The average Bonchev–Trinajstić information content (AvgIpc) is 1.95. The van der Waals surface area contributed by atoms with Gasteiger partial charge in [-0.3, -0.25) is 0 Å². The summed E-state index contributed by atoms with van der Waals surface area (Å²) >= 11 is 5.75. The van der Waals surface area contributed by atoms with Gasteiger partial charge >= 0.3 is 23.1 Å². The van der Waals surface area contributed by atoms with E-state index in [0.717, 1.165) is 11.3 Å². The number of hydrogen-bond acceptors (Lipinski definition) is 1. The van der Waals surface area contributed by atoms with Gasteiger partial charge in [0, 0.05) is 0 Å². The zero-order valence-electron chi connectivity index (χ0n) is 6.81. The molecule has 0 spiro atoms. The molecule has 12 heavy (non-hydrogen) atoms. The van der Waals surface area contributed by atoms with Crippen molar-refractivity contribution in [2.24, 2.45) is 0 Å². The summed E-state index contributed by atoms with van der Waals surface area (Å²) in [5, 5.41) is 0.638. The Balaban J connectivity index is 0. The third-order valence-corrected chi connectivity index (χ3v) is 1.61. The molecule has 0 bridgehead atoms. The van der Waals surface area contributed by atoms with Gasteiger partial charge in [0.1, 0.15) is 0 Å². The minimum atomic E-state index is 0. The Morgan fingerprint density at radius 3 is 2.42 bits per heavy atom. The quantitative estimate of drug-likeness (QED) is 0.472. The fraction of sp³-hybridized carbons (Fsp3) is 0.125. The molecule has 0 atom stereocenters.